The number of rotatable bonds is 8. The van der Waals surface area contributed by atoms with Crippen molar-refractivity contribution in [1.29, 1.82) is 0 Å². The van der Waals surface area contributed by atoms with Crippen LogP contribution in [0.25, 0.3) is 154 Å². The summed E-state index contributed by atoms with van der Waals surface area (Å²) in [4.78, 5) is 19.7. The number of aromatic nitrogens is 12. The van der Waals surface area contributed by atoms with E-state index in [1.807, 2.05) is 24.8 Å². The first-order valence-corrected chi connectivity index (χ1v) is 51.4. The highest BCUT2D eigenvalue weighted by molar-refractivity contribution is 6.15. The Kier molecular flexibility index (Phi) is 20.6. The normalized spacial score (nSPS) is 18.0. The van der Waals surface area contributed by atoms with Crippen LogP contribution >= 0.6 is 0 Å². The molecule has 0 radical (unpaired) electrons. The van der Waals surface area contributed by atoms with Crippen molar-refractivity contribution in [2.45, 2.75) is 281 Å². The Hall–Kier alpha value is -11.8. The number of aryl methyl sites for hydroxylation is 8. The van der Waals surface area contributed by atoms with Gasteiger partial charge in [0.25, 0.3) is 22.6 Å². The molecule has 12 aromatic heterocycles. The molecule has 0 atom stereocenters. The van der Waals surface area contributed by atoms with Crippen LogP contribution in [0.1, 0.15) is 320 Å². The van der Waals surface area contributed by atoms with Crippen molar-refractivity contribution >= 4 is 154 Å². The van der Waals surface area contributed by atoms with Crippen LogP contribution in [0, 0.1) is 27.7 Å². The Morgan fingerprint density at radius 2 is 0.492 bits per heavy atom. The predicted molar refractivity (Wildman–Crippen MR) is 544 cm³/mol. The van der Waals surface area contributed by atoms with Gasteiger partial charge in [-0.15, -0.1) is 0 Å². The van der Waals surface area contributed by atoms with E-state index in [1.165, 1.54) is 404 Å². The lowest BCUT2D eigenvalue weighted by Gasteiger charge is -2.12. The summed E-state index contributed by atoms with van der Waals surface area (Å²) in [6, 6.07) is 66.5. The summed E-state index contributed by atoms with van der Waals surface area (Å²) in [5.41, 5.74) is 42.6. The SMILES string of the molecule is Cc1ccnc2c3cc(C4CCCC4)ccc3[n+]3c4ccc(C5CCCC5)cc4n(C)c3c12.Cc1ccnc2c3cc(C4CCCC4)ccc3n3c4cc(C5CCCC5)ccc4[n+](C)c3c12.Cc1ccnc2c3ccc(C4CCCC4)cc3n3c4cc(C5CCCC5)ccc4[n+](C)c3c12.Cc1ccnc2c3ccc(C4CCCC4)cc3n3c4ccc(C5CCCC5)cc4[n+](C)c3c12. The van der Waals surface area contributed by atoms with Crippen molar-refractivity contribution in [2.24, 2.45) is 28.2 Å². The maximum atomic E-state index is 4.95. The molecule has 8 aromatic carbocycles. The van der Waals surface area contributed by atoms with E-state index in [2.05, 4.69) is 262 Å². The van der Waals surface area contributed by atoms with Gasteiger partial charge in [0.1, 0.15) is 22.1 Å². The summed E-state index contributed by atoms with van der Waals surface area (Å²) >= 11 is 0. The molecule has 0 N–H and O–H groups in total. The van der Waals surface area contributed by atoms with E-state index in [9.17, 15) is 0 Å². The molecule has 8 saturated carbocycles. The number of hydrogen-bond acceptors (Lipinski definition) is 4. The largest absolute Gasteiger partial charge is 0.297 e. The number of hydrogen-bond donors (Lipinski definition) is 0. The molecule has 0 spiro atoms. The Bertz CT molecular complexity index is 7990. The summed E-state index contributed by atoms with van der Waals surface area (Å²) in [5, 5.41) is 10.3. The summed E-state index contributed by atoms with van der Waals surface area (Å²) in [7, 11) is 8.93. The Balaban J connectivity index is 0.0000000945. The summed E-state index contributed by atoms with van der Waals surface area (Å²) in [5.74, 6) is 5.70. The highest BCUT2D eigenvalue weighted by atomic mass is 15.1. The van der Waals surface area contributed by atoms with Gasteiger partial charge in [0, 0.05) is 46.3 Å². The molecule has 12 nitrogen and oxygen atoms in total. The highest BCUT2D eigenvalue weighted by Gasteiger charge is 2.36. The minimum atomic E-state index is 0.704. The third-order valence-corrected chi connectivity index (χ3v) is 34.7. The fourth-order valence-electron chi connectivity index (χ4n) is 27.6. The minimum Gasteiger partial charge on any atom is -0.255 e. The van der Waals surface area contributed by atoms with Crippen LogP contribution in [-0.2, 0) is 28.2 Å². The molecular weight excluding hydrogens is 1610 g/mol. The molecule has 132 heavy (non-hydrogen) atoms. The maximum absolute atomic E-state index is 4.95. The summed E-state index contributed by atoms with van der Waals surface area (Å²) in [6.45, 7) is 8.92. The average molecular weight is 1740 g/mol. The van der Waals surface area contributed by atoms with E-state index >= 15 is 0 Å². The zero-order valence-corrected chi connectivity index (χ0v) is 79.1. The van der Waals surface area contributed by atoms with E-state index in [4.69, 9.17) is 19.9 Å². The second-order valence-electron chi connectivity index (χ2n) is 42.2. The van der Waals surface area contributed by atoms with E-state index in [0.29, 0.717) is 29.6 Å². The lowest BCUT2D eigenvalue weighted by molar-refractivity contribution is -0.617. The van der Waals surface area contributed by atoms with Crippen LogP contribution in [-0.4, -0.2) is 37.7 Å². The zero-order chi connectivity index (χ0) is 88.4. The predicted octanol–water partition coefficient (Wildman–Crippen LogP) is 29.0. The number of imidazole rings is 4. The third kappa shape index (κ3) is 13.4. The lowest BCUT2D eigenvalue weighted by Crippen LogP contribution is -2.27. The molecule has 12 heteroatoms. The van der Waals surface area contributed by atoms with Gasteiger partial charge >= 0.3 is 0 Å². The number of nitrogens with zero attached hydrogens (tertiary/aromatic N) is 12. The van der Waals surface area contributed by atoms with Crippen molar-refractivity contribution in [1.82, 2.24) is 37.7 Å². The fraction of sp³-hybridized carbons (Fsp3) is 0.400. The number of pyridine rings is 8. The Labute approximate surface area is 774 Å². The van der Waals surface area contributed by atoms with Crippen molar-refractivity contribution < 1.29 is 18.1 Å². The molecule has 8 aliphatic rings. The van der Waals surface area contributed by atoms with Crippen molar-refractivity contribution in [3.05, 3.63) is 261 Å². The van der Waals surface area contributed by atoms with Crippen LogP contribution in [0.5, 0.6) is 0 Å². The van der Waals surface area contributed by atoms with Crippen LogP contribution in [0.4, 0.5) is 0 Å². The van der Waals surface area contributed by atoms with Crippen LogP contribution < -0.4 is 18.1 Å². The van der Waals surface area contributed by atoms with Gasteiger partial charge in [0.05, 0.1) is 71.8 Å². The average Bonchev–Trinajstić information content (AvgIpc) is 1.57. The molecule has 8 aliphatic carbocycles. The zero-order valence-electron chi connectivity index (χ0n) is 79.1. The fourth-order valence-corrected chi connectivity index (χ4v) is 27.6. The molecule has 0 unspecified atom stereocenters. The number of benzene rings is 8. The molecular formula is C120H128N12+4. The molecule has 20 aromatic rings. The van der Waals surface area contributed by atoms with Gasteiger partial charge in [0.2, 0.25) is 0 Å². The summed E-state index contributed by atoms with van der Waals surface area (Å²) in [6.07, 6.45) is 51.0. The quantitative estimate of drug-likeness (QED) is 0.112. The lowest BCUT2D eigenvalue weighted by atomic mass is 9.95. The Morgan fingerprint density at radius 3 is 0.879 bits per heavy atom. The van der Waals surface area contributed by atoms with Gasteiger partial charge in [0.15, 0.2) is 44.1 Å². The second kappa shape index (κ2) is 33.2. The van der Waals surface area contributed by atoms with Crippen LogP contribution in [0.3, 0.4) is 0 Å². The van der Waals surface area contributed by atoms with E-state index in [0.717, 1.165) is 39.8 Å². The van der Waals surface area contributed by atoms with Crippen molar-refractivity contribution in [3.63, 3.8) is 0 Å². The standard InChI is InChI=1S/4C30H32N3/c1-19-15-16-31-29-24-17-22(20-7-3-4-8-20)11-13-25(24)33-26-14-12-23(21-9-5-6-10-21)18-27(26)32(2)30(33)28(19)29;1-19-15-16-31-29-24-17-22(20-7-3-4-8-20)11-13-25(24)33-27-18-23(21-9-5-6-10-21)12-14-26(27)32(2)30(33)28(19)29;1-19-15-16-31-29-24-13-11-22(20-7-3-4-8-20)17-26(24)33-25-14-12-23(21-9-5-6-10-21)18-27(25)32(2)30(33)28(19)29;1-19-15-16-31-29-24-13-11-22(20-7-3-4-8-20)17-26(24)33-27-18-23(21-9-5-6-10-21)12-14-25(27)32(2)30(33)28(19)29/h4*11-18,20-21H,3-10H2,1-2H3/q4*+1. The topological polar surface area (TPSA) is 85.5 Å². The van der Waals surface area contributed by atoms with Gasteiger partial charge < -0.3 is 0 Å². The van der Waals surface area contributed by atoms with Crippen LogP contribution in [0.15, 0.2) is 195 Å². The van der Waals surface area contributed by atoms with E-state index in [-0.39, 0.29) is 0 Å². The first-order chi connectivity index (χ1) is 64.8. The molecule has 28 rings (SSSR count). The maximum Gasteiger partial charge on any atom is 0.297 e. The monoisotopic (exact) mass is 1740 g/mol. The molecule has 0 saturated heterocycles. The van der Waals surface area contributed by atoms with Gasteiger partial charge in [-0.05, 0) is 366 Å². The molecule has 664 valence electrons. The van der Waals surface area contributed by atoms with Gasteiger partial charge in [-0.25, -0.2) is 18.3 Å². The van der Waals surface area contributed by atoms with E-state index in [1.54, 1.807) is 0 Å². The highest BCUT2D eigenvalue weighted by Crippen LogP contribution is 2.48. The van der Waals surface area contributed by atoms with Gasteiger partial charge in [-0.1, -0.05) is 151 Å². The minimum absolute atomic E-state index is 0.704. The van der Waals surface area contributed by atoms with Crippen molar-refractivity contribution in [2.75, 3.05) is 0 Å². The van der Waals surface area contributed by atoms with Gasteiger partial charge in [-0.2, -0.15) is 17.6 Å². The first kappa shape index (κ1) is 82.2. The second-order valence-corrected chi connectivity index (χ2v) is 42.2. The molecule has 8 fully saturated rings. The molecule has 0 bridgehead atoms. The number of fused-ring (bicyclic) bond motifs is 32. The van der Waals surface area contributed by atoms with Gasteiger partial charge in [-0.3, -0.25) is 19.9 Å². The first-order valence-electron chi connectivity index (χ1n) is 51.4. The molecule has 0 aliphatic heterocycles. The van der Waals surface area contributed by atoms with Crippen molar-refractivity contribution in [3.8, 4) is 0 Å². The third-order valence-electron chi connectivity index (χ3n) is 34.7. The molecule has 12 heterocycles. The van der Waals surface area contributed by atoms with Crippen LogP contribution in [0.2, 0.25) is 0 Å². The smallest absolute Gasteiger partial charge is 0.255 e. The molecule has 0 amide bonds. The van der Waals surface area contributed by atoms with E-state index < -0.39 is 0 Å². The summed E-state index contributed by atoms with van der Waals surface area (Å²) < 4.78 is 19.7. The Morgan fingerprint density at radius 1 is 0.227 bits per heavy atom.